The predicted molar refractivity (Wildman–Crippen MR) is 140 cm³/mol. The number of thiophene rings is 2. The van der Waals surface area contributed by atoms with Crippen LogP contribution in [0.25, 0.3) is 21.6 Å². The number of fused-ring (bicyclic) bond motifs is 4. The third-order valence-electron chi connectivity index (χ3n) is 6.94. The van der Waals surface area contributed by atoms with E-state index in [4.69, 9.17) is 4.98 Å². The van der Waals surface area contributed by atoms with Crippen LogP contribution in [0, 0.1) is 18.3 Å². The topological polar surface area (TPSA) is 87.8 Å². The molecule has 3 heterocycles. The molecule has 8 heteroatoms. The molecule has 1 N–H and O–H groups in total. The zero-order chi connectivity index (χ0) is 24.1. The zero-order valence-electron chi connectivity index (χ0n) is 19.4. The van der Waals surface area contributed by atoms with Gasteiger partial charge in [-0.05, 0) is 69.1 Å². The molecule has 0 saturated heterocycles. The third-order valence-corrected chi connectivity index (χ3v) is 9.33. The van der Waals surface area contributed by atoms with Crippen LogP contribution in [0.5, 0.6) is 0 Å². The first kappa shape index (κ1) is 22.2. The van der Waals surface area contributed by atoms with Gasteiger partial charge in [-0.15, -0.1) is 22.7 Å². The van der Waals surface area contributed by atoms with E-state index < -0.39 is 0 Å². The first-order valence-electron chi connectivity index (χ1n) is 12.0. The van der Waals surface area contributed by atoms with E-state index >= 15 is 0 Å². The number of nitrogens with zero attached hydrogens (tertiary/aromatic N) is 3. The Labute approximate surface area is 210 Å². The van der Waals surface area contributed by atoms with Crippen molar-refractivity contribution in [2.24, 2.45) is 0 Å². The van der Waals surface area contributed by atoms with Crippen molar-refractivity contribution in [2.45, 2.75) is 58.4 Å². The van der Waals surface area contributed by atoms with Gasteiger partial charge in [-0.1, -0.05) is 23.8 Å². The first-order valence-corrected chi connectivity index (χ1v) is 13.6. The van der Waals surface area contributed by atoms with Crippen LogP contribution in [-0.4, -0.2) is 15.5 Å². The van der Waals surface area contributed by atoms with E-state index in [1.165, 1.54) is 25.7 Å². The number of carbonyl (C=O) groups excluding carboxylic acids is 1. The summed E-state index contributed by atoms with van der Waals surface area (Å²) in [6.07, 6.45) is 6.95. The van der Waals surface area contributed by atoms with Crippen molar-refractivity contribution in [1.82, 2.24) is 9.55 Å². The van der Waals surface area contributed by atoms with E-state index in [2.05, 4.69) is 11.4 Å². The molecule has 0 unspecified atom stereocenters. The lowest BCUT2D eigenvalue weighted by Gasteiger charge is -2.14. The number of nitriles is 1. The Balaban J connectivity index is 1.44. The molecule has 1 amide bonds. The molecule has 6 rings (SSSR count). The van der Waals surface area contributed by atoms with Gasteiger partial charge in [0.2, 0.25) is 5.91 Å². The fourth-order valence-electron chi connectivity index (χ4n) is 5.31. The second-order valence-corrected chi connectivity index (χ2v) is 11.5. The van der Waals surface area contributed by atoms with Gasteiger partial charge in [0.05, 0.1) is 10.9 Å². The Morgan fingerprint density at radius 1 is 1.11 bits per heavy atom. The van der Waals surface area contributed by atoms with Crippen molar-refractivity contribution >= 4 is 43.8 Å². The summed E-state index contributed by atoms with van der Waals surface area (Å²) in [4.78, 5) is 35.2. The Hall–Kier alpha value is -3.28. The molecule has 176 valence electrons. The van der Waals surface area contributed by atoms with Gasteiger partial charge in [0, 0.05) is 15.3 Å². The first-order chi connectivity index (χ1) is 17.0. The molecule has 2 aliphatic rings. The average Bonchev–Trinajstić information content (AvgIpc) is 3.53. The van der Waals surface area contributed by atoms with E-state index in [0.717, 1.165) is 72.0 Å². The number of amides is 1. The molecule has 0 saturated carbocycles. The Kier molecular flexibility index (Phi) is 5.54. The van der Waals surface area contributed by atoms with Crippen LogP contribution in [0.3, 0.4) is 0 Å². The monoisotopic (exact) mass is 500 g/mol. The number of carbonyl (C=O) groups is 1. The quantitative estimate of drug-likeness (QED) is 0.408. The van der Waals surface area contributed by atoms with Gasteiger partial charge in [0.25, 0.3) is 5.56 Å². The number of aryl methyl sites for hydroxylation is 4. The molecule has 0 radical (unpaired) electrons. The molecule has 0 fully saturated rings. The van der Waals surface area contributed by atoms with Crippen molar-refractivity contribution in [3.05, 3.63) is 66.6 Å². The van der Waals surface area contributed by atoms with Crippen molar-refractivity contribution in [3.63, 3.8) is 0 Å². The summed E-state index contributed by atoms with van der Waals surface area (Å²) in [6.45, 7) is 1.85. The Morgan fingerprint density at radius 2 is 1.89 bits per heavy atom. The molecule has 0 aliphatic heterocycles. The number of nitrogens with one attached hydrogen (secondary N) is 1. The van der Waals surface area contributed by atoms with Crippen molar-refractivity contribution in [3.8, 4) is 17.5 Å². The highest BCUT2D eigenvalue weighted by atomic mass is 32.1. The number of aromatic nitrogens is 2. The van der Waals surface area contributed by atoms with Gasteiger partial charge in [0.15, 0.2) is 0 Å². The Bertz CT molecular complexity index is 1600. The molecule has 0 spiro atoms. The summed E-state index contributed by atoms with van der Waals surface area (Å²) in [5.41, 5.74) is 4.47. The largest absolute Gasteiger partial charge is 0.315 e. The smallest absolute Gasteiger partial charge is 0.263 e. The molecule has 0 atom stereocenters. The minimum Gasteiger partial charge on any atom is -0.315 e. The van der Waals surface area contributed by atoms with Gasteiger partial charge < -0.3 is 5.32 Å². The van der Waals surface area contributed by atoms with Crippen LogP contribution in [0.1, 0.15) is 51.3 Å². The van der Waals surface area contributed by atoms with Crippen LogP contribution in [0.4, 0.5) is 5.00 Å². The van der Waals surface area contributed by atoms with E-state index in [0.29, 0.717) is 21.8 Å². The SMILES string of the molecule is Cc1cccc(-c2nc3sc4c(c3c(=O)n2CC(=O)Nc2sc3c(c2C#N)CCC3)CCCC4)c1. The molecule has 4 aromatic rings. The van der Waals surface area contributed by atoms with Gasteiger partial charge in [-0.25, -0.2) is 4.98 Å². The van der Waals surface area contributed by atoms with Gasteiger partial charge in [-0.3, -0.25) is 14.2 Å². The number of anilines is 1. The summed E-state index contributed by atoms with van der Waals surface area (Å²) in [5.74, 6) is 0.191. The van der Waals surface area contributed by atoms with Crippen molar-refractivity contribution in [2.75, 3.05) is 5.32 Å². The molecule has 35 heavy (non-hydrogen) atoms. The molecule has 3 aromatic heterocycles. The molecule has 6 nitrogen and oxygen atoms in total. The number of benzene rings is 1. The lowest BCUT2D eigenvalue weighted by Crippen LogP contribution is -2.30. The van der Waals surface area contributed by atoms with E-state index in [1.807, 2.05) is 31.2 Å². The van der Waals surface area contributed by atoms with Crippen LogP contribution in [0.2, 0.25) is 0 Å². The summed E-state index contributed by atoms with van der Waals surface area (Å²) < 4.78 is 1.52. The average molecular weight is 501 g/mol. The molecule has 0 bridgehead atoms. The highest BCUT2D eigenvalue weighted by Crippen LogP contribution is 2.39. The van der Waals surface area contributed by atoms with E-state index in [1.54, 1.807) is 11.3 Å². The predicted octanol–water partition coefficient (Wildman–Crippen LogP) is 5.37. The molecule has 1 aromatic carbocycles. The zero-order valence-corrected chi connectivity index (χ0v) is 21.1. The van der Waals surface area contributed by atoms with Crippen LogP contribution >= 0.6 is 22.7 Å². The van der Waals surface area contributed by atoms with Gasteiger partial charge in [-0.2, -0.15) is 5.26 Å². The van der Waals surface area contributed by atoms with Crippen molar-refractivity contribution < 1.29 is 4.79 Å². The van der Waals surface area contributed by atoms with Crippen LogP contribution < -0.4 is 10.9 Å². The van der Waals surface area contributed by atoms with Crippen molar-refractivity contribution in [1.29, 1.82) is 5.26 Å². The molecule has 2 aliphatic carbocycles. The summed E-state index contributed by atoms with van der Waals surface area (Å²) in [6, 6.07) is 10.1. The summed E-state index contributed by atoms with van der Waals surface area (Å²) in [5, 5.41) is 13.9. The maximum Gasteiger partial charge on any atom is 0.263 e. The minimum absolute atomic E-state index is 0.150. The molecular weight excluding hydrogens is 476 g/mol. The number of hydrogen-bond acceptors (Lipinski definition) is 6. The van der Waals surface area contributed by atoms with Gasteiger partial charge in [0.1, 0.15) is 28.3 Å². The fourth-order valence-corrected chi connectivity index (χ4v) is 7.82. The van der Waals surface area contributed by atoms with Gasteiger partial charge >= 0.3 is 0 Å². The maximum atomic E-state index is 13.9. The fraction of sp³-hybridized carbons (Fsp3) is 0.333. The van der Waals surface area contributed by atoms with Crippen LogP contribution in [0.15, 0.2) is 29.1 Å². The maximum absolute atomic E-state index is 13.9. The lowest BCUT2D eigenvalue weighted by molar-refractivity contribution is -0.116. The Morgan fingerprint density at radius 3 is 2.71 bits per heavy atom. The highest BCUT2D eigenvalue weighted by molar-refractivity contribution is 7.18. The van der Waals surface area contributed by atoms with E-state index in [-0.39, 0.29) is 18.0 Å². The highest BCUT2D eigenvalue weighted by Gasteiger charge is 2.26. The van der Waals surface area contributed by atoms with E-state index in [9.17, 15) is 14.9 Å². The number of rotatable bonds is 4. The second kappa shape index (κ2) is 8.74. The standard InChI is InChI=1S/C27H24N4O2S2/c1-15-6-4-7-16(12-15)24-30-26-23(18-8-2-3-10-21(18)35-26)27(33)31(24)14-22(32)29-25-19(13-28)17-9-5-11-20(17)34-25/h4,6-7,12H,2-3,5,8-11,14H2,1H3,(H,29,32). The lowest BCUT2D eigenvalue weighted by atomic mass is 9.97. The molecular formula is C27H24N4O2S2. The normalized spacial score (nSPS) is 14.5. The number of hydrogen-bond donors (Lipinski definition) is 1. The summed E-state index contributed by atoms with van der Waals surface area (Å²) in [7, 11) is 0. The third kappa shape index (κ3) is 3.79. The second-order valence-electron chi connectivity index (χ2n) is 9.31. The van der Waals surface area contributed by atoms with Crippen LogP contribution in [-0.2, 0) is 37.0 Å². The summed E-state index contributed by atoms with van der Waals surface area (Å²) >= 11 is 3.10. The minimum atomic E-state index is -0.317.